The highest BCUT2D eigenvalue weighted by Gasteiger charge is 2.29. The lowest BCUT2D eigenvalue weighted by atomic mass is 10.2. The van der Waals surface area contributed by atoms with Crippen LogP contribution in [0.25, 0.3) is 22.4 Å². The van der Waals surface area contributed by atoms with Crippen LogP contribution in [0.2, 0.25) is 0 Å². The maximum atomic E-state index is 11.9. The van der Waals surface area contributed by atoms with Crippen LogP contribution in [-0.2, 0) is 11.2 Å². The van der Waals surface area contributed by atoms with Crippen LogP contribution in [0.15, 0.2) is 22.7 Å². The molecule has 1 amide bonds. The Morgan fingerprint density at radius 2 is 2.08 bits per heavy atom. The van der Waals surface area contributed by atoms with Gasteiger partial charge in [0.25, 0.3) is 0 Å². The number of alkyl carbamates (subject to hydrolysis) is 1. The molecule has 3 aromatic rings. The van der Waals surface area contributed by atoms with Crippen LogP contribution >= 0.6 is 0 Å². The number of ether oxygens (including phenoxy) is 1. The molecule has 2 heterocycles. The van der Waals surface area contributed by atoms with Crippen LogP contribution in [0.5, 0.6) is 0 Å². The Balaban J connectivity index is 1.52. The average molecular weight is 356 g/mol. The predicted molar refractivity (Wildman–Crippen MR) is 76.3 cm³/mol. The largest absolute Gasteiger partial charge is 0.440 e. The molecule has 2 N–H and O–H groups in total. The number of aromatic nitrogens is 5. The zero-order valence-corrected chi connectivity index (χ0v) is 12.5. The molecule has 2 aromatic heterocycles. The predicted octanol–water partition coefficient (Wildman–Crippen LogP) is 1.84. The first-order valence-electron chi connectivity index (χ1n) is 7.01. The standard InChI is InChI=1S/C13H11F3N6O3/c14-13(15,16)6-24-12(23)17-4-3-10-18-11(21-25-10)7-1-2-8-9(5-7)20-22-19-8/h1-2,5H,3-4,6H2,(H,17,23)(H,19,20,22). The summed E-state index contributed by atoms with van der Waals surface area (Å²) in [5.41, 5.74) is 1.99. The second kappa shape index (κ2) is 6.75. The second-order valence-corrected chi connectivity index (χ2v) is 4.91. The number of alkyl halides is 3. The lowest BCUT2D eigenvalue weighted by Crippen LogP contribution is -2.30. The molecule has 0 aliphatic rings. The maximum absolute atomic E-state index is 11.9. The minimum Gasteiger partial charge on any atom is -0.440 e. The number of fused-ring (bicyclic) bond motifs is 1. The van der Waals surface area contributed by atoms with E-state index in [1.165, 1.54) is 0 Å². The smallest absolute Gasteiger partial charge is 0.422 e. The van der Waals surface area contributed by atoms with Gasteiger partial charge in [0.1, 0.15) is 11.0 Å². The fourth-order valence-corrected chi connectivity index (χ4v) is 1.92. The highest BCUT2D eigenvalue weighted by molar-refractivity contribution is 5.79. The summed E-state index contributed by atoms with van der Waals surface area (Å²) in [6.07, 6.45) is -5.60. The molecule has 0 aliphatic carbocycles. The van der Waals surface area contributed by atoms with E-state index in [0.29, 0.717) is 22.4 Å². The van der Waals surface area contributed by atoms with Crippen molar-refractivity contribution in [3.8, 4) is 11.4 Å². The number of carbonyl (C=O) groups excluding carboxylic acids is 1. The number of hydrogen-bond donors (Lipinski definition) is 2. The van der Waals surface area contributed by atoms with Gasteiger partial charge in [0.15, 0.2) is 6.61 Å². The van der Waals surface area contributed by atoms with Crippen LogP contribution in [-0.4, -0.2) is 51.0 Å². The van der Waals surface area contributed by atoms with Crippen molar-refractivity contribution >= 4 is 17.1 Å². The number of halogens is 3. The molecule has 0 bridgehead atoms. The van der Waals surface area contributed by atoms with Gasteiger partial charge in [0, 0.05) is 18.5 Å². The third-order valence-corrected chi connectivity index (χ3v) is 3.02. The lowest BCUT2D eigenvalue weighted by molar-refractivity contribution is -0.160. The Kier molecular flexibility index (Phi) is 4.50. The quantitative estimate of drug-likeness (QED) is 0.716. The fourth-order valence-electron chi connectivity index (χ4n) is 1.92. The topological polar surface area (TPSA) is 119 Å². The van der Waals surface area contributed by atoms with Gasteiger partial charge in [-0.3, -0.25) is 0 Å². The summed E-state index contributed by atoms with van der Waals surface area (Å²) in [6, 6.07) is 5.20. The summed E-state index contributed by atoms with van der Waals surface area (Å²) in [5, 5.41) is 16.3. The third kappa shape index (κ3) is 4.43. The minimum absolute atomic E-state index is 0.0132. The molecule has 0 fully saturated rings. The summed E-state index contributed by atoms with van der Waals surface area (Å²) in [4.78, 5) is 15.2. The second-order valence-electron chi connectivity index (χ2n) is 4.91. The van der Waals surface area contributed by atoms with Gasteiger partial charge in [-0.2, -0.15) is 33.6 Å². The first-order chi connectivity index (χ1) is 11.9. The Bertz CT molecular complexity index is 875. The van der Waals surface area contributed by atoms with Gasteiger partial charge >= 0.3 is 12.3 Å². The fraction of sp³-hybridized carbons (Fsp3) is 0.308. The molecular weight excluding hydrogens is 345 g/mol. The monoisotopic (exact) mass is 356 g/mol. The summed E-state index contributed by atoms with van der Waals surface area (Å²) in [7, 11) is 0. The van der Waals surface area contributed by atoms with Gasteiger partial charge in [-0.1, -0.05) is 5.16 Å². The van der Waals surface area contributed by atoms with Gasteiger partial charge < -0.3 is 14.6 Å². The van der Waals surface area contributed by atoms with Crippen LogP contribution in [0.1, 0.15) is 5.89 Å². The SMILES string of the molecule is O=C(NCCc1nc(-c2ccc3n[nH]nc3c2)no1)OCC(F)(F)F. The zero-order valence-electron chi connectivity index (χ0n) is 12.5. The van der Waals surface area contributed by atoms with E-state index >= 15 is 0 Å². The third-order valence-electron chi connectivity index (χ3n) is 3.02. The van der Waals surface area contributed by atoms with Crippen molar-refractivity contribution in [3.05, 3.63) is 24.1 Å². The first kappa shape index (κ1) is 16.7. The molecule has 0 aliphatic heterocycles. The zero-order chi connectivity index (χ0) is 17.9. The Morgan fingerprint density at radius 3 is 2.88 bits per heavy atom. The minimum atomic E-state index is -4.57. The van der Waals surface area contributed by atoms with Crippen LogP contribution in [0.4, 0.5) is 18.0 Å². The summed E-state index contributed by atoms with van der Waals surface area (Å²) < 4.78 is 44.7. The van der Waals surface area contributed by atoms with E-state index in [4.69, 9.17) is 4.52 Å². The summed E-state index contributed by atoms with van der Waals surface area (Å²) in [5.74, 6) is 0.533. The lowest BCUT2D eigenvalue weighted by Gasteiger charge is -2.08. The maximum Gasteiger partial charge on any atom is 0.422 e. The number of nitrogens with one attached hydrogen (secondary N) is 2. The summed E-state index contributed by atoms with van der Waals surface area (Å²) in [6.45, 7) is -1.66. The molecule has 12 heteroatoms. The van der Waals surface area contributed by atoms with Gasteiger partial charge in [-0.25, -0.2) is 4.79 Å². The molecular formula is C13H11F3N6O3. The Hall–Kier alpha value is -3.18. The van der Waals surface area contributed by atoms with E-state index in [1.54, 1.807) is 18.2 Å². The number of hydrogen-bond acceptors (Lipinski definition) is 7. The van der Waals surface area contributed by atoms with Gasteiger partial charge in [-0.05, 0) is 18.2 Å². The molecule has 0 spiro atoms. The molecule has 9 nitrogen and oxygen atoms in total. The van der Waals surface area contributed by atoms with Crippen molar-refractivity contribution < 1.29 is 27.2 Å². The molecule has 0 radical (unpaired) electrons. The van der Waals surface area contributed by atoms with E-state index in [1.807, 2.05) is 0 Å². The van der Waals surface area contributed by atoms with Crippen molar-refractivity contribution in [2.45, 2.75) is 12.6 Å². The number of H-pyrrole nitrogens is 1. The Labute approximate surface area is 137 Å². The van der Waals surface area contributed by atoms with Crippen molar-refractivity contribution in [1.82, 2.24) is 30.9 Å². The van der Waals surface area contributed by atoms with Gasteiger partial charge in [0.2, 0.25) is 11.7 Å². The van der Waals surface area contributed by atoms with Crippen LogP contribution in [0, 0.1) is 0 Å². The molecule has 3 rings (SSSR count). The van der Waals surface area contributed by atoms with Crippen LogP contribution in [0.3, 0.4) is 0 Å². The normalized spacial score (nSPS) is 11.6. The van der Waals surface area contributed by atoms with Crippen LogP contribution < -0.4 is 5.32 Å². The average Bonchev–Trinajstić information content (AvgIpc) is 3.20. The first-order valence-corrected chi connectivity index (χ1v) is 7.01. The number of aromatic amines is 1. The van der Waals surface area contributed by atoms with Gasteiger partial charge in [0.05, 0.1) is 0 Å². The van der Waals surface area contributed by atoms with Crippen molar-refractivity contribution in [2.24, 2.45) is 0 Å². The van der Waals surface area contributed by atoms with E-state index < -0.39 is 18.9 Å². The molecule has 0 unspecified atom stereocenters. The highest BCUT2D eigenvalue weighted by Crippen LogP contribution is 2.20. The number of nitrogens with zero attached hydrogens (tertiary/aromatic N) is 4. The number of carbonyl (C=O) groups is 1. The number of benzene rings is 1. The molecule has 132 valence electrons. The highest BCUT2D eigenvalue weighted by atomic mass is 19.4. The van der Waals surface area contributed by atoms with E-state index in [-0.39, 0.29) is 18.9 Å². The van der Waals surface area contributed by atoms with E-state index in [9.17, 15) is 18.0 Å². The van der Waals surface area contributed by atoms with Gasteiger partial charge in [-0.15, -0.1) is 0 Å². The molecule has 25 heavy (non-hydrogen) atoms. The number of amides is 1. The van der Waals surface area contributed by atoms with E-state index in [0.717, 1.165) is 0 Å². The Morgan fingerprint density at radius 1 is 1.28 bits per heavy atom. The summed E-state index contributed by atoms with van der Waals surface area (Å²) >= 11 is 0. The molecule has 0 saturated heterocycles. The van der Waals surface area contributed by atoms with E-state index in [2.05, 4.69) is 35.6 Å². The van der Waals surface area contributed by atoms with Crippen molar-refractivity contribution in [3.63, 3.8) is 0 Å². The van der Waals surface area contributed by atoms with Crippen molar-refractivity contribution in [1.29, 1.82) is 0 Å². The van der Waals surface area contributed by atoms with Crippen molar-refractivity contribution in [2.75, 3.05) is 13.2 Å². The molecule has 0 atom stereocenters. The molecule has 0 saturated carbocycles. The number of rotatable bonds is 5. The molecule has 1 aromatic carbocycles.